The van der Waals surface area contributed by atoms with E-state index in [1.807, 2.05) is 25.1 Å². The summed E-state index contributed by atoms with van der Waals surface area (Å²) < 4.78 is 5.33. The van der Waals surface area contributed by atoms with E-state index < -0.39 is 0 Å². The van der Waals surface area contributed by atoms with Crippen LogP contribution in [0.4, 0.5) is 5.69 Å². The van der Waals surface area contributed by atoms with E-state index in [9.17, 15) is 9.59 Å². The van der Waals surface area contributed by atoms with Gasteiger partial charge in [-0.25, -0.2) is 0 Å². The number of rotatable bonds is 6. The van der Waals surface area contributed by atoms with Gasteiger partial charge in [-0.15, -0.1) is 12.4 Å². The number of carbonyl (C=O) groups excluding carboxylic acids is 2. The number of anilines is 1. The van der Waals surface area contributed by atoms with Crippen molar-refractivity contribution in [1.29, 1.82) is 0 Å². The highest BCUT2D eigenvalue weighted by molar-refractivity contribution is 6.01. The molecule has 7 heteroatoms. The molecule has 1 aliphatic heterocycles. The Morgan fingerprint density at radius 2 is 2.22 bits per heavy atom. The number of hydrogen-bond acceptors (Lipinski definition) is 4. The van der Waals surface area contributed by atoms with Gasteiger partial charge in [0.25, 0.3) is 0 Å². The second-order valence-corrected chi connectivity index (χ2v) is 5.51. The van der Waals surface area contributed by atoms with E-state index >= 15 is 0 Å². The first-order chi connectivity index (χ1) is 10.6. The molecule has 1 aromatic rings. The van der Waals surface area contributed by atoms with Gasteiger partial charge in [-0.3, -0.25) is 9.59 Å². The third kappa shape index (κ3) is 4.59. The van der Waals surface area contributed by atoms with Gasteiger partial charge in [0, 0.05) is 19.5 Å². The van der Waals surface area contributed by atoms with Crippen LogP contribution in [0, 0.1) is 12.8 Å². The third-order valence-electron chi connectivity index (χ3n) is 3.80. The van der Waals surface area contributed by atoms with Crippen molar-refractivity contribution in [3.63, 3.8) is 0 Å². The van der Waals surface area contributed by atoms with Crippen LogP contribution in [-0.4, -0.2) is 38.6 Å². The number of hydrogen-bond donors (Lipinski definition) is 2. The summed E-state index contributed by atoms with van der Waals surface area (Å²) in [5, 5.41) is 2.83. The van der Waals surface area contributed by atoms with Crippen molar-refractivity contribution in [2.75, 3.05) is 31.6 Å². The predicted molar refractivity (Wildman–Crippen MR) is 92.1 cm³/mol. The molecule has 0 radical (unpaired) electrons. The predicted octanol–water partition coefficient (Wildman–Crippen LogP) is 1.24. The molecular weight excluding hydrogens is 318 g/mol. The van der Waals surface area contributed by atoms with Crippen LogP contribution < -0.4 is 20.7 Å². The molecule has 1 aliphatic rings. The number of amides is 2. The first-order valence-electron chi connectivity index (χ1n) is 7.49. The minimum absolute atomic E-state index is 0. The summed E-state index contributed by atoms with van der Waals surface area (Å²) in [5.74, 6) is 0.178. The number of nitrogens with one attached hydrogen (secondary N) is 1. The van der Waals surface area contributed by atoms with E-state index in [0.717, 1.165) is 17.7 Å². The molecule has 1 unspecified atom stereocenters. The Hall–Kier alpha value is -1.79. The average molecular weight is 342 g/mol. The van der Waals surface area contributed by atoms with Crippen molar-refractivity contribution < 1.29 is 14.3 Å². The smallest absolute Gasteiger partial charge is 0.227 e. The van der Waals surface area contributed by atoms with Crippen LogP contribution in [0.5, 0.6) is 5.75 Å². The molecule has 2 amide bonds. The molecule has 128 valence electrons. The Morgan fingerprint density at radius 1 is 1.48 bits per heavy atom. The lowest BCUT2D eigenvalue weighted by atomic mass is 10.1. The number of benzene rings is 1. The van der Waals surface area contributed by atoms with Gasteiger partial charge in [-0.2, -0.15) is 0 Å². The fourth-order valence-electron chi connectivity index (χ4n) is 2.58. The normalized spacial score (nSPS) is 16.9. The van der Waals surface area contributed by atoms with Crippen LogP contribution in [-0.2, 0) is 9.59 Å². The van der Waals surface area contributed by atoms with Crippen LogP contribution in [0.3, 0.4) is 0 Å². The van der Waals surface area contributed by atoms with Crippen LogP contribution in [0.25, 0.3) is 0 Å². The van der Waals surface area contributed by atoms with Crippen LogP contribution >= 0.6 is 12.4 Å². The summed E-state index contributed by atoms with van der Waals surface area (Å²) in [4.78, 5) is 26.0. The number of nitrogens with two attached hydrogens (primary N) is 1. The van der Waals surface area contributed by atoms with Crippen LogP contribution in [0.2, 0.25) is 0 Å². The average Bonchev–Trinajstić information content (AvgIpc) is 2.89. The van der Waals surface area contributed by atoms with Crippen molar-refractivity contribution in [3.05, 3.63) is 23.8 Å². The quantitative estimate of drug-likeness (QED) is 0.762. The monoisotopic (exact) mass is 341 g/mol. The minimum atomic E-state index is -0.324. The van der Waals surface area contributed by atoms with Gasteiger partial charge in [0.05, 0.1) is 18.7 Å². The van der Waals surface area contributed by atoms with Crippen molar-refractivity contribution in [2.45, 2.75) is 19.8 Å². The van der Waals surface area contributed by atoms with E-state index in [1.54, 1.807) is 12.0 Å². The summed E-state index contributed by atoms with van der Waals surface area (Å²) >= 11 is 0. The molecule has 1 fully saturated rings. The second kappa shape index (κ2) is 8.74. The van der Waals surface area contributed by atoms with Crippen molar-refractivity contribution in [2.24, 2.45) is 11.7 Å². The molecule has 1 heterocycles. The summed E-state index contributed by atoms with van der Waals surface area (Å²) in [7, 11) is 1.58. The van der Waals surface area contributed by atoms with Crippen LogP contribution in [0.1, 0.15) is 18.4 Å². The number of halogens is 1. The third-order valence-corrected chi connectivity index (χ3v) is 3.80. The molecule has 1 atom stereocenters. The van der Waals surface area contributed by atoms with E-state index in [2.05, 4.69) is 5.32 Å². The molecule has 3 N–H and O–H groups in total. The molecule has 23 heavy (non-hydrogen) atoms. The fourth-order valence-corrected chi connectivity index (χ4v) is 2.58. The maximum Gasteiger partial charge on any atom is 0.227 e. The Balaban J connectivity index is 0.00000264. The summed E-state index contributed by atoms with van der Waals surface area (Å²) in [6.07, 6.45) is 0.966. The lowest BCUT2D eigenvalue weighted by molar-refractivity contribution is -0.126. The molecule has 1 saturated heterocycles. The maximum atomic E-state index is 12.3. The number of nitrogens with zero attached hydrogens (tertiary/aromatic N) is 1. The largest absolute Gasteiger partial charge is 0.495 e. The standard InChI is InChI=1S/C16H23N3O3.ClH/c1-11-4-5-14(22-2)13(8-11)19-10-12(9-15(19)20)16(21)18-7-3-6-17;/h4-5,8,12H,3,6-7,9-10,17H2,1-2H3,(H,18,21);1H. The van der Waals surface area contributed by atoms with Gasteiger partial charge in [0.15, 0.2) is 0 Å². The van der Waals surface area contributed by atoms with E-state index in [0.29, 0.717) is 25.4 Å². The molecule has 0 saturated carbocycles. The Morgan fingerprint density at radius 3 is 2.87 bits per heavy atom. The van der Waals surface area contributed by atoms with Gasteiger partial charge < -0.3 is 20.7 Å². The molecule has 0 spiro atoms. The van der Waals surface area contributed by atoms with Crippen molar-refractivity contribution in [3.8, 4) is 5.75 Å². The number of methoxy groups -OCH3 is 1. The summed E-state index contributed by atoms with van der Waals surface area (Å²) in [5.41, 5.74) is 7.17. The van der Waals surface area contributed by atoms with Gasteiger partial charge in [0.2, 0.25) is 11.8 Å². The SMILES string of the molecule is COc1ccc(C)cc1N1CC(C(=O)NCCCN)CC1=O.Cl. The highest BCUT2D eigenvalue weighted by Gasteiger charge is 2.36. The zero-order valence-electron chi connectivity index (χ0n) is 13.5. The van der Waals surface area contributed by atoms with E-state index in [1.165, 1.54) is 0 Å². The Bertz CT molecular complexity index is 566. The first-order valence-corrected chi connectivity index (χ1v) is 7.49. The van der Waals surface area contributed by atoms with Gasteiger partial charge in [0.1, 0.15) is 5.75 Å². The van der Waals surface area contributed by atoms with Gasteiger partial charge in [-0.05, 0) is 37.6 Å². The second-order valence-electron chi connectivity index (χ2n) is 5.51. The first kappa shape index (κ1) is 19.3. The zero-order valence-corrected chi connectivity index (χ0v) is 14.3. The fraction of sp³-hybridized carbons (Fsp3) is 0.500. The maximum absolute atomic E-state index is 12.3. The summed E-state index contributed by atoms with van der Waals surface area (Å²) in [6, 6.07) is 5.68. The van der Waals surface area contributed by atoms with Crippen LogP contribution in [0.15, 0.2) is 18.2 Å². The lowest BCUT2D eigenvalue weighted by Gasteiger charge is -2.20. The topological polar surface area (TPSA) is 84.7 Å². The van der Waals surface area contributed by atoms with E-state index in [-0.39, 0.29) is 36.6 Å². The van der Waals surface area contributed by atoms with Crippen molar-refractivity contribution in [1.82, 2.24) is 5.32 Å². The molecule has 2 rings (SSSR count). The summed E-state index contributed by atoms with van der Waals surface area (Å²) in [6.45, 7) is 3.43. The molecule has 0 aliphatic carbocycles. The molecule has 0 bridgehead atoms. The zero-order chi connectivity index (χ0) is 16.1. The molecular formula is C16H24ClN3O3. The van der Waals surface area contributed by atoms with Gasteiger partial charge >= 0.3 is 0 Å². The molecule has 1 aromatic carbocycles. The highest BCUT2D eigenvalue weighted by atomic mass is 35.5. The highest BCUT2D eigenvalue weighted by Crippen LogP contribution is 2.33. The molecule has 6 nitrogen and oxygen atoms in total. The number of carbonyl (C=O) groups is 2. The number of ether oxygens (including phenoxy) is 1. The van der Waals surface area contributed by atoms with Crippen molar-refractivity contribution >= 4 is 29.9 Å². The van der Waals surface area contributed by atoms with E-state index in [4.69, 9.17) is 10.5 Å². The molecule has 0 aromatic heterocycles. The Labute approximate surface area is 142 Å². The Kier molecular flexibility index (Phi) is 7.32. The number of aryl methyl sites for hydroxylation is 1. The lowest BCUT2D eigenvalue weighted by Crippen LogP contribution is -2.34. The minimum Gasteiger partial charge on any atom is -0.495 e. The van der Waals surface area contributed by atoms with Gasteiger partial charge in [-0.1, -0.05) is 6.07 Å².